The molecule has 11 heteroatoms. The summed E-state index contributed by atoms with van der Waals surface area (Å²) in [5.74, 6) is -0.930. The first kappa shape index (κ1) is 22.7. The van der Waals surface area contributed by atoms with E-state index >= 15 is 0 Å². The molecule has 1 aromatic carbocycles. The Hall–Kier alpha value is -3.70. The van der Waals surface area contributed by atoms with Crippen molar-refractivity contribution >= 4 is 0 Å². The molecule has 0 saturated heterocycles. The fourth-order valence-corrected chi connectivity index (χ4v) is 6.06. The SMILES string of the molecule is CC1(C)[C@H]2CC[C@]1(c1ccnc(-n3cnc([C@@H](O)CO)n3)n1)c1nnc(-c3c(F)cccc3F)cc12. The Kier molecular flexibility index (Phi) is 4.99. The molecule has 184 valence electrons. The van der Waals surface area contributed by atoms with E-state index in [0.717, 1.165) is 29.8 Å². The molecule has 2 bridgehead atoms. The summed E-state index contributed by atoms with van der Waals surface area (Å²) in [4.78, 5) is 13.2. The number of hydrogen-bond donors (Lipinski definition) is 2. The van der Waals surface area contributed by atoms with Crippen molar-refractivity contribution in [1.29, 1.82) is 0 Å². The van der Waals surface area contributed by atoms with E-state index in [1.807, 2.05) is 6.07 Å². The normalized spacial score (nSPS) is 22.6. The van der Waals surface area contributed by atoms with Crippen molar-refractivity contribution < 1.29 is 19.0 Å². The van der Waals surface area contributed by atoms with E-state index in [0.29, 0.717) is 0 Å². The summed E-state index contributed by atoms with van der Waals surface area (Å²) in [6.07, 6.45) is 3.45. The number of nitrogens with zero attached hydrogens (tertiary/aromatic N) is 7. The zero-order valence-electron chi connectivity index (χ0n) is 19.6. The molecule has 4 aromatic rings. The molecule has 9 nitrogen and oxygen atoms in total. The van der Waals surface area contributed by atoms with Crippen LogP contribution in [0, 0.1) is 17.0 Å². The molecule has 3 atom stereocenters. The molecule has 0 unspecified atom stereocenters. The lowest BCUT2D eigenvalue weighted by atomic mass is 9.66. The fourth-order valence-electron chi connectivity index (χ4n) is 6.06. The number of fused-ring (bicyclic) bond motifs is 5. The van der Waals surface area contributed by atoms with Gasteiger partial charge in [-0.1, -0.05) is 19.9 Å². The molecule has 0 radical (unpaired) electrons. The van der Waals surface area contributed by atoms with Gasteiger partial charge in [-0.3, -0.25) is 0 Å². The minimum Gasteiger partial charge on any atom is -0.393 e. The minimum absolute atomic E-state index is 0.0657. The van der Waals surface area contributed by atoms with E-state index in [2.05, 4.69) is 39.1 Å². The van der Waals surface area contributed by atoms with Crippen LogP contribution in [-0.2, 0) is 5.41 Å². The highest BCUT2D eigenvalue weighted by Gasteiger charge is 2.65. The molecule has 0 amide bonds. The quantitative estimate of drug-likeness (QED) is 0.437. The summed E-state index contributed by atoms with van der Waals surface area (Å²) in [7, 11) is 0. The number of aliphatic hydroxyl groups excluding tert-OH is 2. The van der Waals surface area contributed by atoms with Crippen LogP contribution in [0.1, 0.15) is 61.5 Å². The number of aromatic nitrogens is 7. The Bertz CT molecular complexity index is 1470. The Morgan fingerprint density at radius 3 is 2.67 bits per heavy atom. The number of halogens is 2. The summed E-state index contributed by atoms with van der Waals surface area (Å²) < 4.78 is 30.3. The molecule has 2 N–H and O–H groups in total. The molecule has 0 spiro atoms. The Labute approximate surface area is 204 Å². The topological polar surface area (TPSA) is 123 Å². The van der Waals surface area contributed by atoms with Gasteiger partial charge in [-0.2, -0.15) is 9.78 Å². The van der Waals surface area contributed by atoms with E-state index in [1.54, 1.807) is 12.3 Å². The van der Waals surface area contributed by atoms with E-state index in [9.17, 15) is 19.0 Å². The predicted molar refractivity (Wildman–Crippen MR) is 123 cm³/mol. The van der Waals surface area contributed by atoms with E-state index in [4.69, 9.17) is 4.98 Å². The molecule has 1 fully saturated rings. The lowest BCUT2D eigenvalue weighted by Crippen LogP contribution is -2.38. The van der Waals surface area contributed by atoms with Crippen molar-refractivity contribution in [3.05, 3.63) is 77.3 Å². The second kappa shape index (κ2) is 7.90. The maximum absolute atomic E-state index is 14.5. The molecular formula is C25H23F2N7O2. The molecule has 3 aromatic heterocycles. The molecule has 1 saturated carbocycles. The lowest BCUT2D eigenvalue weighted by molar-refractivity contribution is 0.0886. The molecule has 3 heterocycles. The van der Waals surface area contributed by atoms with Crippen molar-refractivity contribution in [3.8, 4) is 17.2 Å². The number of benzene rings is 1. The van der Waals surface area contributed by atoms with Crippen molar-refractivity contribution in [2.45, 2.75) is 44.1 Å². The first-order chi connectivity index (χ1) is 17.3. The van der Waals surface area contributed by atoms with Crippen LogP contribution in [0.2, 0.25) is 0 Å². The van der Waals surface area contributed by atoms with Gasteiger partial charge in [0.05, 0.1) is 34.7 Å². The van der Waals surface area contributed by atoms with Gasteiger partial charge in [-0.25, -0.2) is 23.7 Å². The Balaban J connectivity index is 1.47. The van der Waals surface area contributed by atoms with Gasteiger partial charge in [0, 0.05) is 6.20 Å². The standard InChI is InChI=1S/C25H23F2N7O2/c1-24(2)14-6-8-25(24,19-7-9-28-23(30-19)34-12-29-22(33-34)18(36)11-35)21-13(14)10-17(31-32-21)20-15(26)4-3-5-16(20)27/h3-5,7,9-10,12,14,18,35-36H,6,8,11H2,1-2H3/t14-,18-,25-/m0/s1. The first-order valence-electron chi connectivity index (χ1n) is 11.6. The van der Waals surface area contributed by atoms with Gasteiger partial charge in [-0.15, -0.1) is 10.2 Å². The van der Waals surface area contributed by atoms with E-state index in [-0.39, 0.29) is 34.4 Å². The van der Waals surface area contributed by atoms with Gasteiger partial charge < -0.3 is 10.2 Å². The first-order valence-corrected chi connectivity index (χ1v) is 11.6. The van der Waals surface area contributed by atoms with E-state index in [1.165, 1.54) is 29.2 Å². The zero-order chi connectivity index (χ0) is 25.2. The highest BCUT2D eigenvalue weighted by Crippen LogP contribution is 2.69. The zero-order valence-corrected chi connectivity index (χ0v) is 19.6. The van der Waals surface area contributed by atoms with Crippen molar-refractivity contribution in [2.75, 3.05) is 6.61 Å². The molecule has 36 heavy (non-hydrogen) atoms. The maximum atomic E-state index is 14.5. The second-order valence-electron chi connectivity index (χ2n) is 9.84. The van der Waals surface area contributed by atoms with Gasteiger partial charge in [0.15, 0.2) is 5.82 Å². The van der Waals surface area contributed by atoms with Gasteiger partial charge in [0.1, 0.15) is 24.1 Å². The third-order valence-corrected chi connectivity index (χ3v) is 7.87. The molecule has 6 rings (SSSR count). The van der Waals surface area contributed by atoms with Gasteiger partial charge >= 0.3 is 0 Å². The minimum atomic E-state index is -1.20. The maximum Gasteiger partial charge on any atom is 0.252 e. The summed E-state index contributed by atoms with van der Waals surface area (Å²) in [5, 5.41) is 32.0. The summed E-state index contributed by atoms with van der Waals surface area (Å²) in [6, 6.07) is 7.35. The van der Waals surface area contributed by atoms with E-state index < -0.39 is 29.8 Å². The van der Waals surface area contributed by atoms with Gasteiger partial charge in [-0.05, 0) is 54.0 Å². The van der Waals surface area contributed by atoms with Crippen LogP contribution < -0.4 is 0 Å². The Morgan fingerprint density at radius 1 is 1.14 bits per heavy atom. The summed E-state index contributed by atoms with van der Waals surface area (Å²) in [5.41, 5.74) is 1.51. The molecule has 2 aliphatic rings. The van der Waals surface area contributed by atoms with Gasteiger partial charge in [0.25, 0.3) is 5.95 Å². The largest absolute Gasteiger partial charge is 0.393 e. The highest BCUT2D eigenvalue weighted by atomic mass is 19.1. The smallest absolute Gasteiger partial charge is 0.252 e. The van der Waals surface area contributed by atoms with Crippen LogP contribution in [0.5, 0.6) is 0 Å². The second-order valence-corrected chi connectivity index (χ2v) is 9.84. The van der Waals surface area contributed by atoms with Crippen LogP contribution in [-0.4, -0.2) is 51.7 Å². The third-order valence-electron chi connectivity index (χ3n) is 7.87. The fraction of sp³-hybridized carbons (Fsp3) is 0.360. The van der Waals surface area contributed by atoms with Crippen molar-refractivity contribution in [2.24, 2.45) is 5.41 Å². The van der Waals surface area contributed by atoms with Crippen LogP contribution in [0.4, 0.5) is 8.78 Å². The third kappa shape index (κ3) is 2.99. The number of hydrogen-bond acceptors (Lipinski definition) is 8. The number of rotatable bonds is 5. The van der Waals surface area contributed by atoms with Crippen LogP contribution in [0.15, 0.2) is 42.9 Å². The lowest BCUT2D eigenvalue weighted by Gasteiger charge is -2.37. The monoisotopic (exact) mass is 491 g/mol. The van der Waals surface area contributed by atoms with Crippen molar-refractivity contribution in [3.63, 3.8) is 0 Å². The van der Waals surface area contributed by atoms with Crippen LogP contribution in [0.25, 0.3) is 17.2 Å². The number of aliphatic hydroxyl groups is 2. The highest BCUT2D eigenvalue weighted by molar-refractivity contribution is 5.64. The average Bonchev–Trinajstić information content (AvgIpc) is 3.52. The van der Waals surface area contributed by atoms with Gasteiger partial charge in [0.2, 0.25) is 0 Å². The average molecular weight is 492 g/mol. The van der Waals surface area contributed by atoms with Crippen LogP contribution >= 0.6 is 0 Å². The predicted octanol–water partition coefficient (Wildman–Crippen LogP) is 3.02. The molecule has 2 aliphatic carbocycles. The van der Waals surface area contributed by atoms with Crippen LogP contribution in [0.3, 0.4) is 0 Å². The van der Waals surface area contributed by atoms with Crippen molar-refractivity contribution in [1.82, 2.24) is 34.9 Å². The molecular weight excluding hydrogens is 468 g/mol. The summed E-state index contributed by atoms with van der Waals surface area (Å²) in [6.45, 7) is 3.81. The molecule has 0 aliphatic heterocycles. The Morgan fingerprint density at radius 2 is 1.92 bits per heavy atom. The summed E-state index contributed by atoms with van der Waals surface area (Å²) >= 11 is 0.